The third-order valence-corrected chi connectivity index (χ3v) is 5.48. The van der Waals surface area contributed by atoms with Gasteiger partial charge in [0, 0.05) is 24.8 Å². The van der Waals surface area contributed by atoms with E-state index >= 15 is 0 Å². The Hall–Kier alpha value is -2.90. The molecule has 1 saturated heterocycles. The fraction of sp³-hybridized carbons (Fsp3) is 0.500. The number of nitrogens with one attached hydrogen (secondary N) is 3. The molecule has 1 aromatic carbocycles. The summed E-state index contributed by atoms with van der Waals surface area (Å²) in [6.45, 7) is 4.37. The third kappa shape index (κ3) is 4.68. The fourth-order valence-corrected chi connectivity index (χ4v) is 3.65. The molecule has 8 heteroatoms. The van der Waals surface area contributed by atoms with Crippen LogP contribution >= 0.6 is 0 Å². The second-order valence-electron chi connectivity index (χ2n) is 7.64. The van der Waals surface area contributed by atoms with Gasteiger partial charge >= 0.3 is 5.97 Å². The summed E-state index contributed by atoms with van der Waals surface area (Å²) in [5, 5.41) is 14.7. The van der Waals surface area contributed by atoms with Crippen molar-refractivity contribution in [1.82, 2.24) is 20.6 Å². The topological polar surface area (TPSA) is 124 Å². The number of carbonyl (C=O) groups is 3. The van der Waals surface area contributed by atoms with Crippen LogP contribution in [-0.4, -0.2) is 38.4 Å². The lowest BCUT2D eigenvalue weighted by Crippen LogP contribution is -2.43. The first-order chi connectivity index (χ1) is 13.3. The molecule has 2 heterocycles. The molecule has 0 spiro atoms. The number of nitrogens with zero attached hydrogens (tertiary/aromatic N) is 1. The van der Waals surface area contributed by atoms with Crippen LogP contribution in [0.15, 0.2) is 12.1 Å². The second kappa shape index (κ2) is 8.00. The zero-order chi connectivity index (χ0) is 20.3. The van der Waals surface area contributed by atoms with Gasteiger partial charge < -0.3 is 20.7 Å². The Morgan fingerprint density at radius 2 is 1.93 bits per heavy atom. The van der Waals surface area contributed by atoms with Crippen LogP contribution in [0.5, 0.6) is 0 Å². The van der Waals surface area contributed by atoms with Gasteiger partial charge in [0.1, 0.15) is 5.82 Å². The molecule has 1 atom stereocenters. The molecular weight excluding hydrogens is 360 g/mol. The molecule has 0 aliphatic carbocycles. The molecule has 1 aromatic heterocycles. The average molecular weight is 386 g/mol. The molecule has 4 N–H and O–H groups in total. The van der Waals surface area contributed by atoms with Crippen molar-refractivity contribution in [1.29, 1.82) is 0 Å². The number of benzene rings is 1. The smallest absolute Gasteiger partial charge is 0.303 e. The molecule has 0 bridgehead atoms. The van der Waals surface area contributed by atoms with E-state index in [0.717, 1.165) is 11.0 Å². The molecule has 2 amide bonds. The Kier molecular flexibility index (Phi) is 5.67. The number of carboxylic acid groups (broad SMARTS) is 1. The van der Waals surface area contributed by atoms with Crippen molar-refractivity contribution in [3.05, 3.63) is 29.1 Å². The Bertz CT molecular complexity index is 881. The Balaban J connectivity index is 1.54. The van der Waals surface area contributed by atoms with Crippen molar-refractivity contribution in [2.75, 3.05) is 0 Å². The van der Waals surface area contributed by atoms with Crippen LogP contribution in [0.1, 0.15) is 55.5 Å². The predicted octanol–water partition coefficient (Wildman–Crippen LogP) is 2.09. The molecule has 150 valence electrons. The molecule has 0 unspecified atom stereocenters. The Labute approximate surface area is 163 Å². The minimum absolute atomic E-state index is 0.0281. The maximum atomic E-state index is 12.3. The van der Waals surface area contributed by atoms with E-state index in [4.69, 9.17) is 5.11 Å². The third-order valence-electron chi connectivity index (χ3n) is 5.48. The summed E-state index contributed by atoms with van der Waals surface area (Å²) >= 11 is 0. The number of rotatable bonds is 8. The van der Waals surface area contributed by atoms with Gasteiger partial charge in [0.25, 0.3) is 0 Å². The van der Waals surface area contributed by atoms with E-state index in [1.54, 1.807) is 0 Å². The van der Waals surface area contributed by atoms with Crippen molar-refractivity contribution in [3.63, 3.8) is 0 Å². The summed E-state index contributed by atoms with van der Waals surface area (Å²) in [6.07, 6.45) is 1.89. The normalized spacial score (nSPS) is 19.0. The van der Waals surface area contributed by atoms with Crippen molar-refractivity contribution < 1.29 is 19.5 Å². The summed E-state index contributed by atoms with van der Waals surface area (Å²) in [5.74, 6) is -0.453. The number of hydrogen-bond donors (Lipinski definition) is 4. The van der Waals surface area contributed by atoms with E-state index in [0.29, 0.717) is 38.1 Å². The summed E-state index contributed by atoms with van der Waals surface area (Å²) in [6, 6.07) is 4.05. The van der Waals surface area contributed by atoms with E-state index < -0.39 is 11.5 Å². The highest BCUT2D eigenvalue weighted by Gasteiger charge is 2.37. The number of hydrogen-bond acceptors (Lipinski definition) is 4. The highest BCUT2D eigenvalue weighted by atomic mass is 16.4. The zero-order valence-corrected chi connectivity index (χ0v) is 16.2. The predicted molar refractivity (Wildman–Crippen MR) is 104 cm³/mol. The van der Waals surface area contributed by atoms with E-state index in [9.17, 15) is 14.4 Å². The van der Waals surface area contributed by atoms with Gasteiger partial charge in [-0.1, -0.05) is 0 Å². The number of aliphatic carboxylic acids is 1. The molecule has 8 nitrogen and oxygen atoms in total. The lowest BCUT2D eigenvalue weighted by atomic mass is 9.86. The molecule has 28 heavy (non-hydrogen) atoms. The lowest BCUT2D eigenvalue weighted by molar-refractivity contribution is -0.137. The number of H-pyrrole nitrogens is 1. The van der Waals surface area contributed by atoms with Gasteiger partial charge in [-0.05, 0) is 56.4 Å². The number of aryl methyl sites for hydroxylation is 2. The molecule has 1 aliphatic rings. The number of amides is 2. The zero-order valence-electron chi connectivity index (χ0n) is 16.2. The fourth-order valence-electron chi connectivity index (χ4n) is 3.65. The largest absolute Gasteiger partial charge is 0.481 e. The Morgan fingerprint density at radius 3 is 2.61 bits per heavy atom. The first-order valence-corrected chi connectivity index (χ1v) is 9.52. The van der Waals surface area contributed by atoms with Crippen molar-refractivity contribution >= 4 is 28.8 Å². The first-order valence-electron chi connectivity index (χ1n) is 9.52. The van der Waals surface area contributed by atoms with Gasteiger partial charge in [-0.25, -0.2) is 4.98 Å². The van der Waals surface area contributed by atoms with Crippen LogP contribution in [-0.2, 0) is 20.9 Å². The van der Waals surface area contributed by atoms with E-state index in [1.807, 2.05) is 26.0 Å². The van der Waals surface area contributed by atoms with E-state index in [1.165, 1.54) is 11.1 Å². The van der Waals surface area contributed by atoms with E-state index in [-0.39, 0.29) is 24.7 Å². The molecule has 0 saturated carbocycles. The van der Waals surface area contributed by atoms with E-state index in [2.05, 4.69) is 20.6 Å². The van der Waals surface area contributed by atoms with Crippen LogP contribution in [0.4, 0.5) is 0 Å². The van der Waals surface area contributed by atoms with Gasteiger partial charge in [0.15, 0.2) is 0 Å². The van der Waals surface area contributed by atoms with Gasteiger partial charge in [-0.15, -0.1) is 0 Å². The summed E-state index contributed by atoms with van der Waals surface area (Å²) in [4.78, 5) is 42.5. The number of fused-ring (bicyclic) bond motifs is 1. The van der Waals surface area contributed by atoms with Gasteiger partial charge in [-0.2, -0.15) is 0 Å². The first kappa shape index (κ1) is 19.9. The van der Waals surface area contributed by atoms with Crippen LogP contribution in [0, 0.1) is 13.8 Å². The molecule has 0 radical (unpaired) electrons. The molecule has 1 aliphatic heterocycles. The summed E-state index contributed by atoms with van der Waals surface area (Å²) in [7, 11) is 0. The Morgan fingerprint density at radius 1 is 1.21 bits per heavy atom. The minimum atomic E-state index is -0.902. The highest BCUT2D eigenvalue weighted by molar-refractivity contribution is 5.81. The average Bonchev–Trinajstić information content (AvgIpc) is 3.20. The van der Waals surface area contributed by atoms with Crippen LogP contribution in [0.25, 0.3) is 11.0 Å². The second-order valence-corrected chi connectivity index (χ2v) is 7.64. The molecule has 1 fully saturated rings. The number of aromatic amines is 1. The van der Waals surface area contributed by atoms with Gasteiger partial charge in [0.2, 0.25) is 11.8 Å². The minimum Gasteiger partial charge on any atom is -0.481 e. The molecule has 2 aromatic rings. The quantitative estimate of drug-likeness (QED) is 0.553. The van der Waals surface area contributed by atoms with Crippen LogP contribution in [0.3, 0.4) is 0 Å². The highest BCUT2D eigenvalue weighted by Crippen LogP contribution is 2.30. The summed E-state index contributed by atoms with van der Waals surface area (Å²) in [5.41, 5.74) is 3.56. The van der Waals surface area contributed by atoms with Gasteiger partial charge in [-0.3, -0.25) is 14.4 Å². The number of carboxylic acids is 1. The SMILES string of the molecule is Cc1cc2nc(CNC(=O)CC[C@@]3(CCC(=O)O)CCC(=O)N3)[nH]c2cc1C. The molecule has 3 rings (SSSR count). The van der Waals surface area contributed by atoms with Crippen molar-refractivity contribution in [2.24, 2.45) is 0 Å². The number of carbonyl (C=O) groups excluding carboxylic acids is 2. The number of imidazole rings is 1. The lowest BCUT2D eigenvalue weighted by Gasteiger charge is -2.28. The van der Waals surface area contributed by atoms with Crippen molar-refractivity contribution in [2.45, 2.75) is 64.5 Å². The van der Waals surface area contributed by atoms with Crippen LogP contribution < -0.4 is 10.6 Å². The standard InChI is InChI=1S/C20H26N4O4/c1-12-9-14-15(10-13(12)2)23-16(22-14)11-21-17(25)3-6-20(8-5-19(27)28)7-4-18(26)24-20/h9-10H,3-8,11H2,1-2H3,(H,21,25)(H,22,23)(H,24,26)(H,27,28)/t20-/m0/s1. The van der Waals surface area contributed by atoms with Gasteiger partial charge in [0.05, 0.1) is 17.6 Å². The summed E-state index contributed by atoms with van der Waals surface area (Å²) < 4.78 is 0. The maximum absolute atomic E-state index is 12.3. The monoisotopic (exact) mass is 386 g/mol. The van der Waals surface area contributed by atoms with Crippen molar-refractivity contribution in [3.8, 4) is 0 Å². The number of aromatic nitrogens is 2. The maximum Gasteiger partial charge on any atom is 0.303 e. The van der Waals surface area contributed by atoms with Crippen LogP contribution in [0.2, 0.25) is 0 Å². The molecular formula is C20H26N4O4.